The van der Waals surface area contributed by atoms with Crippen LogP contribution >= 0.6 is 0 Å². The molecule has 7 nitrogen and oxygen atoms in total. The lowest BCUT2D eigenvalue weighted by Gasteiger charge is -2.19. The van der Waals surface area contributed by atoms with Crippen LogP contribution in [0.3, 0.4) is 0 Å². The number of ketones is 1. The molecule has 1 aliphatic heterocycles. The number of carbonyl (C=O) groups excluding carboxylic acids is 2. The Hall–Kier alpha value is -3.79. The normalized spacial score (nSPS) is 12.3. The first-order valence-electron chi connectivity index (χ1n) is 9.12. The Morgan fingerprint density at radius 1 is 1.00 bits per heavy atom. The van der Waals surface area contributed by atoms with Crippen molar-refractivity contribution in [1.29, 1.82) is 5.26 Å². The van der Waals surface area contributed by atoms with Gasteiger partial charge in [-0.3, -0.25) is 4.79 Å². The van der Waals surface area contributed by atoms with Crippen LogP contribution in [0.5, 0.6) is 5.75 Å². The molecule has 0 atom stereocenters. The second kappa shape index (κ2) is 8.48. The Bertz CT molecular complexity index is 974. The highest BCUT2D eigenvalue weighted by Crippen LogP contribution is 2.40. The average Bonchev–Trinajstić information content (AvgIpc) is 2.99. The van der Waals surface area contributed by atoms with Crippen LogP contribution in [0.4, 0.5) is 11.4 Å². The number of para-hydroxylation sites is 2. The third-order valence-electron chi connectivity index (χ3n) is 4.59. The molecule has 0 saturated heterocycles. The number of ether oxygens (including phenoxy) is 2. The van der Waals surface area contributed by atoms with Crippen LogP contribution in [0.15, 0.2) is 59.9 Å². The molecule has 0 bridgehead atoms. The van der Waals surface area contributed by atoms with E-state index in [-0.39, 0.29) is 5.57 Å². The zero-order valence-electron chi connectivity index (χ0n) is 16.5. The van der Waals surface area contributed by atoms with Crippen LogP contribution in [0.2, 0.25) is 0 Å². The van der Waals surface area contributed by atoms with Crippen LogP contribution in [-0.4, -0.2) is 39.1 Å². The van der Waals surface area contributed by atoms with Gasteiger partial charge in [-0.05, 0) is 43.3 Å². The number of fused-ring (bicyclic) bond motifs is 1. The van der Waals surface area contributed by atoms with Crippen molar-refractivity contribution in [2.45, 2.75) is 6.92 Å². The highest BCUT2D eigenvalue weighted by molar-refractivity contribution is 6.04. The van der Waals surface area contributed by atoms with Crippen molar-refractivity contribution in [3.05, 3.63) is 65.5 Å². The van der Waals surface area contributed by atoms with E-state index in [1.165, 1.54) is 0 Å². The van der Waals surface area contributed by atoms with Crippen LogP contribution in [0.25, 0.3) is 0 Å². The molecule has 1 heterocycles. The van der Waals surface area contributed by atoms with E-state index in [9.17, 15) is 14.9 Å². The van der Waals surface area contributed by atoms with Gasteiger partial charge in [-0.2, -0.15) is 5.26 Å². The molecule has 148 valence electrons. The minimum Gasteiger partial charge on any atom is -0.494 e. The monoisotopic (exact) mass is 391 g/mol. The third-order valence-corrected chi connectivity index (χ3v) is 4.59. The second-order valence-electron chi connectivity index (χ2n) is 6.37. The second-order valence-corrected chi connectivity index (χ2v) is 6.37. The zero-order chi connectivity index (χ0) is 21.0. The van der Waals surface area contributed by atoms with E-state index in [0.29, 0.717) is 23.7 Å². The van der Waals surface area contributed by atoms with Gasteiger partial charge in [0.15, 0.2) is 6.61 Å². The van der Waals surface area contributed by atoms with E-state index in [2.05, 4.69) is 0 Å². The molecular formula is C22H21N3O4. The summed E-state index contributed by atoms with van der Waals surface area (Å²) in [7, 11) is 3.57. The van der Waals surface area contributed by atoms with Gasteiger partial charge < -0.3 is 19.3 Å². The smallest absolute Gasteiger partial charge is 0.338 e. The van der Waals surface area contributed by atoms with Gasteiger partial charge in [0.05, 0.1) is 23.5 Å². The number of hydrogen-bond donors (Lipinski definition) is 0. The van der Waals surface area contributed by atoms with Crippen LogP contribution in [0, 0.1) is 11.3 Å². The molecule has 29 heavy (non-hydrogen) atoms. The van der Waals surface area contributed by atoms with Crippen molar-refractivity contribution in [2.24, 2.45) is 0 Å². The first-order valence-corrected chi connectivity index (χ1v) is 9.12. The predicted molar refractivity (Wildman–Crippen MR) is 109 cm³/mol. The lowest BCUT2D eigenvalue weighted by atomic mass is 10.2. The fourth-order valence-corrected chi connectivity index (χ4v) is 3.20. The number of carbonyl (C=O) groups is 2. The molecule has 0 fully saturated rings. The largest absolute Gasteiger partial charge is 0.494 e. The SMILES string of the molecule is CCOc1ccc(C(=O)OCC(=O)C(C#N)=C2N(C)c3ccccc3N2C)cc1. The molecule has 7 heteroatoms. The number of rotatable bonds is 6. The Kier molecular flexibility index (Phi) is 5.84. The number of Topliss-reactive ketones (excluding diaryl/α,β-unsaturated/α-hetero) is 1. The van der Waals surface area contributed by atoms with Gasteiger partial charge in [0.2, 0.25) is 5.78 Å². The molecule has 0 saturated carbocycles. The topological polar surface area (TPSA) is 82.9 Å². The number of benzene rings is 2. The summed E-state index contributed by atoms with van der Waals surface area (Å²) in [5.74, 6) is -0.104. The van der Waals surface area contributed by atoms with Crippen LogP contribution in [-0.2, 0) is 9.53 Å². The van der Waals surface area contributed by atoms with Crippen molar-refractivity contribution < 1.29 is 19.1 Å². The molecule has 0 aliphatic carbocycles. The summed E-state index contributed by atoms with van der Waals surface area (Å²) in [5.41, 5.74) is 2.01. The summed E-state index contributed by atoms with van der Waals surface area (Å²) < 4.78 is 10.5. The fraction of sp³-hybridized carbons (Fsp3) is 0.227. The minimum atomic E-state index is -0.639. The van der Waals surface area contributed by atoms with E-state index in [0.717, 1.165) is 11.4 Å². The Morgan fingerprint density at radius 3 is 2.10 bits per heavy atom. The minimum absolute atomic E-state index is 0.0642. The van der Waals surface area contributed by atoms with Crippen LogP contribution < -0.4 is 14.5 Å². The molecule has 2 aromatic carbocycles. The van der Waals surface area contributed by atoms with Gasteiger partial charge in [0, 0.05) is 14.1 Å². The number of hydrogen-bond acceptors (Lipinski definition) is 7. The van der Waals surface area contributed by atoms with E-state index in [4.69, 9.17) is 9.47 Å². The third kappa shape index (κ3) is 3.92. The molecule has 3 rings (SSSR count). The van der Waals surface area contributed by atoms with Crippen molar-refractivity contribution >= 4 is 23.1 Å². The number of anilines is 2. The highest BCUT2D eigenvalue weighted by atomic mass is 16.5. The molecule has 0 amide bonds. The molecule has 0 radical (unpaired) electrons. The van der Waals surface area contributed by atoms with E-state index >= 15 is 0 Å². The molecule has 2 aromatic rings. The van der Waals surface area contributed by atoms with Crippen molar-refractivity contribution in [3.63, 3.8) is 0 Å². The van der Waals surface area contributed by atoms with Gasteiger partial charge in [-0.1, -0.05) is 12.1 Å². The van der Waals surface area contributed by atoms with E-state index < -0.39 is 18.4 Å². The summed E-state index contributed by atoms with van der Waals surface area (Å²) >= 11 is 0. The Morgan fingerprint density at radius 2 is 1.59 bits per heavy atom. The Labute approximate surface area is 169 Å². The lowest BCUT2D eigenvalue weighted by Crippen LogP contribution is -2.27. The maximum absolute atomic E-state index is 12.6. The van der Waals surface area contributed by atoms with Gasteiger partial charge in [-0.15, -0.1) is 0 Å². The maximum Gasteiger partial charge on any atom is 0.338 e. The summed E-state index contributed by atoms with van der Waals surface area (Å²) in [6.45, 7) is 1.87. The standard InChI is InChI=1S/C22H21N3O4/c1-4-28-16-11-9-15(10-12-16)22(27)29-14-20(26)17(13-23)21-24(2)18-7-5-6-8-19(18)25(21)3/h5-12H,4,14H2,1-3H3. The number of esters is 1. The molecule has 0 spiro atoms. The number of nitriles is 1. The van der Waals surface area contributed by atoms with Crippen molar-refractivity contribution in [2.75, 3.05) is 37.1 Å². The maximum atomic E-state index is 12.6. The predicted octanol–water partition coefficient (Wildman–Crippen LogP) is 3.13. The van der Waals surface area contributed by atoms with E-state index in [1.807, 2.05) is 37.3 Å². The van der Waals surface area contributed by atoms with Gasteiger partial charge in [-0.25, -0.2) is 4.79 Å². The van der Waals surface area contributed by atoms with Crippen molar-refractivity contribution in [1.82, 2.24) is 0 Å². The first kappa shape index (κ1) is 20.0. The fourth-order valence-electron chi connectivity index (χ4n) is 3.20. The lowest BCUT2D eigenvalue weighted by molar-refractivity contribution is -0.118. The van der Waals surface area contributed by atoms with Gasteiger partial charge >= 0.3 is 5.97 Å². The molecule has 0 N–H and O–H groups in total. The number of nitrogens with zero attached hydrogens (tertiary/aromatic N) is 3. The summed E-state index contributed by atoms with van der Waals surface area (Å²) in [5, 5.41) is 9.60. The highest BCUT2D eigenvalue weighted by Gasteiger charge is 2.31. The molecule has 0 unspecified atom stereocenters. The molecule has 0 aromatic heterocycles. The average molecular weight is 391 g/mol. The summed E-state index contributed by atoms with van der Waals surface area (Å²) in [6.07, 6.45) is 0. The van der Waals surface area contributed by atoms with Crippen LogP contribution in [0.1, 0.15) is 17.3 Å². The summed E-state index contributed by atoms with van der Waals surface area (Å²) in [4.78, 5) is 28.4. The van der Waals surface area contributed by atoms with Gasteiger partial charge in [0.1, 0.15) is 23.2 Å². The quantitative estimate of drug-likeness (QED) is 0.425. The first-order chi connectivity index (χ1) is 14.0. The summed E-state index contributed by atoms with van der Waals surface area (Å²) in [6, 6.07) is 16.0. The van der Waals surface area contributed by atoms with Gasteiger partial charge in [0.25, 0.3) is 0 Å². The van der Waals surface area contributed by atoms with E-state index in [1.54, 1.807) is 48.2 Å². The van der Waals surface area contributed by atoms with Crippen molar-refractivity contribution in [3.8, 4) is 11.8 Å². The Balaban J connectivity index is 1.73. The zero-order valence-corrected chi connectivity index (χ0v) is 16.5. The molecular weight excluding hydrogens is 370 g/mol. The molecule has 1 aliphatic rings.